The number of hydrogen-bond donors (Lipinski definition) is 0. The molecule has 8 aromatic rings. The second-order valence-electron chi connectivity index (χ2n) is 11.4. The predicted molar refractivity (Wildman–Crippen MR) is 167 cm³/mol. The van der Waals surface area contributed by atoms with Crippen molar-refractivity contribution < 1.29 is 4.42 Å². The van der Waals surface area contributed by atoms with Gasteiger partial charge in [0.15, 0.2) is 0 Å². The van der Waals surface area contributed by atoms with Crippen LogP contribution in [0.15, 0.2) is 120 Å². The number of nitrogens with zero attached hydrogens (tertiary/aromatic N) is 3. The Bertz CT molecular complexity index is 2340. The minimum absolute atomic E-state index is 0.264. The van der Waals surface area contributed by atoms with Crippen LogP contribution >= 0.6 is 0 Å². The van der Waals surface area contributed by atoms with Gasteiger partial charge in [-0.05, 0) is 35.4 Å². The SMILES string of the molecule is CC1(C)c2ccccc2-c2c(-c3ccccc3)nc(-n3c4ccccc4c4c5c(ccc43)oc3ccccc35)nc21. The van der Waals surface area contributed by atoms with Crippen LogP contribution in [-0.4, -0.2) is 14.5 Å². The minimum Gasteiger partial charge on any atom is -0.456 e. The van der Waals surface area contributed by atoms with E-state index in [1.807, 2.05) is 12.1 Å². The fourth-order valence-electron chi connectivity index (χ4n) is 6.92. The summed E-state index contributed by atoms with van der Waals surface area (Å²) in [6.45, 7) is 4.55. The molecule has 4 heteroatoms. The smallest absolute Gasteiger partial charge is 0.235 e. The standard InChI is InChI=1S/C37H25N3O/c1-37(2)26-17-9-6-14-23(26)33-34(22-12-4-3-5-13-22)38-36(39-35(33)37)40-27-18-10-7-15-24(27)31-28(40)20-21-30-32(31)25-16-8-11-19-29(25)41-30/h3-21H,1-2H3. The van der Waals surface area contributed by atoms with Crippen molar-refractivity contribution in [3.8, 4) is 28.3 Å². The lowest BCUT2D eigenvalue weighted by molar-refractivity contribution is 0.632. The van der Waals surface area contributed by atoms with Gasteiger partial charge in [-0.2, -0.15) is 0 Å². The van der Waals surface area contributed by atoms with Gasteiger partial charge in [-0.15, -0.1) is 0 Å². The lowest BCUT2D eigenvalue weighted by Gasteiger charge is -2.21. The molecule has 1 aliphatic rings. The maximum atomic E-state index is 6.28. The van der Waals surface area contributed by atoms with E-state index in [4.69, 9.17) is 14.4 Å². The van der Waals surface area contributed by atoms with Crippen molar-refractivity contribution in [1.82, 2.24) is 14.5 Å². The van der Waals surface area contributed by atoms with E-state index in [1.54, 1.807) is 0 Å². The highest BCUT2D eigenvalue weighted by molar-refractivity contribution is 6.27. The van der Waals surface area contributed by atoms with Gasteiger partial charge < -0.3 is 4.42 Å². The van der Waals surface area contributed by atoms with Crippen LogP contribution in [0.1, 0.15) is 25.1 Å². The van der Waals surface area contributed by atoms with Gasteiger partial charge in [0.1, 0.15) is 11.2 Å². The van der Waals surface area contributed by atoms with E-state index >= 15 is 0 Å². The molecule has 0 aliphatic heterocycles. The highest BCUT2D eigenvalue weighted by Gasteiger charge is 2.40. The van der Waals surface area contributed by atoms with Crippen LogP contribution in [0, 0.1) is 0 Å². The van der Waals surface area contributed by atoms with E-state index in [-0.39, 0.29) is 5.41 Å². The maximum absolute atomic E-state index is 6.28. The second kappa shape index (κ2) is 7.92. The van der Waals surface area contributed by atoms with Gasteiger partial charge in [-0.25, -0.2) is 9.97 Å². The Morgan fingerprint density at radius 1 is 0.610 bits per heavy atom. The minimum atomic E-state index is -0.264. The van der Waals surface area contributed by atoms with Crippen molar-refractivity contribution in [1.29, 1.82) is 0 Å². The van der Waals surface area contributed by atoms with Crippen molar-refractivity contribution >= 4 is 43.7 Å². The second-order valence-corrected chi connectivity index (χ2v) is 11.4. The van der Waals surface area contributed by atoms with Crippen molar-refractivity contribution in [3.63, 3.8) is 0 Å². The van der Waals surface area contributed by atoms with Gasteiger partial charge in [0.2, 0.25) is 5.95 Å². The Hall–Kier alpha value is -5.22. The zero-order chi connectivity index (χ0) is 27.3. The molecule has 1 aliphatic carbocycles. The van der Waals surface area contributed by atoms with Crippen LogP contribution < -0.4 is 0 Å². The van der Waals surface area contributed by atoms with Crippen molar-refractivity contribution in [2.24, 2.45) is 0 Å². The average Bonchev–Trinajstić information content (AvgIpc) is 3.63. The average molecular weight is 528 g/mol. The number of aromatic nitrogens is 3. The molecule has 0 amide bonds. The van der Waals surface area contributed by atoms with Crippen LogP contribution in [0.5, 0.6) is 0 Å². The summed E-state index contributed by atoms with van der Waals surface area (Å²) in [5.74, 6) is 0.682. The van der Waals surface area contributed by atoms with Gasteiger partial charge in [-0.3, -0.25) is 4.57 Å². The summed E-state index contributed by atoms with van der Waals surface area (Å²) >= 11 is 0. The molecular formula is C37H25N3O. The fraction of sp³-hybridized carbons (Fsp3) is 0.0811. The van der Waals surface area contributed by atoms with E-state index in [9.17, 15) is 0 Å². The predicted octanol–water partition coefficient (Wildman–Crippen LogP) is 9.45. The molecule has 3 heterocycles. The molecule has 194 valence electrons. The summed E-state index contributed by atoms with van der Waals surface area (Å²) in [7, 11) is 0. The van der Waals surface area contributed by atoms with Crippen LogP contribution in [0.4, 0.5) is 0 Å². The van der Waals surface area contributed by atoms with Crippen LogP contribution in [-0.2, 0) is 5.41 Å². The summed E-state index contributed by atoms with van der Waals surface area (Å²) < 4.78 is 8.52. The maximum Gasteiger partial charge on any atom is 0.235 e. The molecule has 0 saturated carbocycles. The summed E-state index contributed by atoms with van der Waals surface area (Å²) in [5, 5.41) is 4.57. The molecule has 0 spiro atoms. The third kappa shape index (κ3) is 2.94. The molecule has 0 fully saturated rings. The molecule has 5 aromatic carbocycles. The number of fused-ring (bicyclic) bond motifs is 10. The molecule has 0 radical (unpaired) electrons. The van der Waals surface area contributed by atoms with Crippen molar-refractivity contribution in [2.75, 3.05) is 0 Å². The monoisotopic (exact) mass is 527 g/mol. The largest absolute Gasteiger partial charge is 0.456 e. The van der Waals surface area contributed by atoms with Crippen LogP contribution in [0.2, 0.25) is 0 Å². The van der Waals surface area contributed by atoms with Crippen molar-refractivity contribution in [2.45, 2.75) is 19.3 Å². The molecule has 41 heavy (non-hydrogen) atoms. The van der Waals surface area contributed by atoms with Gasteiger partial charge in [0.25, 0.3) is 0 Å². The summed E-state index contributed by atoms with van der Waals surface area (Å²) in [6, 6.07) is 40.2. The quantitative estimate of drug-likeness (QED) is 0.225. The normalized spacial score (nSPS) is 13.8. The molecule has 4 nitrogen and oxygen atoms in total. The van der Waals surface area contributed by atoms with E-state index in [2.05, 4.69) is 122 Å². The topological polar surface area (TPSA) is 43.9 Å². The molecule has 0 atom stereocenters. The van der Waals surface area contributed by atoms with E-state index in [1.165, 1.54) is 11.1 Å². The number of benzene rings is 5. The molecule has 9 rings (SSSR count). The fourth-order valence-corrected chi connectivity index (χ4v) is 6.92. The lowest BCUT2D eigenvalue weighted by atomic mass is 9.85. The zero-order valence-corrected chi connectivity index (χ0v) is 22.7. The Morgan fingerprint density at radius 3 is 2.22 bits per heavy atom. The number of furan rings is 1. The third-order valence-corrected chi connectivity index (χ3v) is 8.78. The molecule has 0 saturated heterocycles. The first kappa shape index (κ1) is 22.6. The van der Waals surface area contributed by atoms with E-state index in [0.717, 1.165) is 66.3 Å². The molecule has 0 unspecified atom stereocenters. The first-order chi connectivity index (χ1) is 20.1. The first-order valence-electron chi connectivity index (χ1n) is 14.0. The van der Waals surface area contributed by atoms with Gasteiger partial charge in [-0.1, -0.05) is 105 Å². The van der Waals surface area contributed by atoms with Crippen molar-refractivity contribution in [3.05, 3.63) is 127 Å². The highest BCUT2D eigenvalue weighted by atomic mass is 16.3. The summed E-state index contributed by atoms with van der Waals surface area (Å²) in [5.41, 5.74) is 10.4. The molecule has 0 N–H and O–H groups in total. The Balaban J connectivity index is 1.44. The number of para-hydroxylation sites is 2. The highest BCUT2D eigenvalue weighted by Crippen LogP contribution is 2.51. The summed E-state index contributed by atoms with van der Waals surface area (Å²) in [4.78, 5) is 10.8. The van der Waals surface area contributed by atoms with E-state index in [0.29, 0.717) is 5.95 Å². The Morgan fingerprint density at radius 2 is 1.34 bits per heavy atom. The van der Waals surface area contributed by atoms with Crippen LogP contribution in [0.3, 0.4) is 0 Å². The Kier molecular flexibility index (Phi) is 4.36. The van der Waals surface area contributed by atoms with Crippen LogP contribution in [0.25, 0.3) is 72.1 Å². The molecule has 3 aromatic heterocycles. The lowest BCUT2D eigenvalue weighted by Crippen LogP contribution is -2.18. The van der Waals surface area contributed by atoms with E-state index < -0.39 is 0 Å². The number of hydrogen-bond acceptors (Lipinski definition) is 3. The van der Waals surface area contributed by atoms with Gasteiger partial charge in [0, 0.05) is 38.1 Å². The van der Waals surface area contributed by atoms with Gasteiger partial charge >= 0.3 is 0 Å². The Labute approximate surface area is 236 Å². The third-order valence-electron chi connectivity index (χ3n) is 8.78. The first-order valence-corrected chi connectivity index (χ1v) is 14.0. The zero-order valence-electron chi connectivity index (χ0n) is 22.7. The molecule has 0 bridgehead atoms. The van der Waals surface area contributed by atoms with Gasteiger partial charge in [0.05, 0.1) is 22.4 Å². The molecular weight excluding hydrogens is 502 g/mol. The number of rotatable bonds is 2. The summed E-state index contributed by atoms with van der Waals surface area (Å²) in [6.07, 6.45) is 0.